The van der Waals surface area contributed by atoms with Gasteiger partial charge in [-0.2, -0.15) is 0 Å². The molecule has 1 aliphatic heterocycles. The molecule has 1 saturated heterocycles. The van der Waals surface area contributed by atoms with Gasteiger partial charge in [-0.25, -0.2) is 0 Å². The fraction of sp³-hybridized carbons (Fsp3) is 0.889. The van der Waals surface area contributed by atoms with Crippen molar-refractivity contribution in [3.8, 4) is 0 Å². The van der Waals surface area contributed by atoms with Gasteiger partial charge in [0.15, 0.2) is 0 Å². The Morgan fingerprint density at radius 3 is 2.69 bits per heavy atom. The normalized spacial score (nSPS) is 26.0. The summed E-state index contributed by atoms with van der Waals surface area (Å²) in [6.45, 7) is 3.77. The number of nitrogens with two attached hydrogens (primary N) is 1. The lowest BCUT2D eigenvalue weighted by Crippen LogP contribution is -2.46. The van der Waals surface area contributed by atoms with Crippen molar-refractivity contribution in [3.63, 3.8) is 0 Å². The molecule has 0 radical (unpaired) electrons. The Kier molecular flexibility index (Phi) is 3.27. The van der Waals surface area contributed by atoms with Gasteiger partial charge < -0.3 is 15.5 Å². The van der Waals surface area contributed by atoms with E-state index in [1.165, 1.54) is 0 Å². The third kappa shape index (κ3) is 2.42. The molecule has 0 bridgehead atoms. The summed E-state index contributed by atoms with van der Waals surface area (Å²) in [5, 5.41) is 0. The molecule has 0 aliphatic carbocycles. The predicted molar refractivity (Wildman–Crippen MR) is 52.3 cm³/mol. The second-order valence-corrected chi connectivity index (χ2v) is 3.94. The van der Waals surface area contributed by atoms with Crippen LogP contribution in [0.3, 0.4) is 0 Å². The van der Waals surface area contributed by atoms with Crippen molar-refractivity contribution < 1.29 is 4.79 Å². The van der Waals surface area contributed by atoms with Crippen LogP contribution in [0.15, 0.2) is 0 Å². The van der Waals surface area contributed by atoms with Crippen molar-refractivity contribution in [3.05, 3.63) is 0 Å². The summed E-state index contributed by atoms with van der Waals surface area (Å²) in [6.07, 6.45) is 1.06. The highest BCUT2D eigenvalue weighted by atomic mass is 16.2. The van der Waals surface area contributed by atoms with Gasteiger partial charge in [-0.3, -0.25) is 4.79 Å². The highest BCUT2D eigenvalue weighted by Crippen LogP contribution is 2.12. The molecule has 1 amide bonds. The summed E-state index contributed by atoms with van der Waals surface area (Å²) < 4.78 is 0. The molecule has 2 N–H and O–H groups in total. The molecule has 1 fully saturated rings. The maximum atomic E-state index is 11.5. The summed E-state index contributed by atoms with van der Waals surface area (Å²) in [4.78, 5) is 15.5. The number of nitrogens with zero attached hydrogens (tertiary/aromatic N) is 2. The average Bonchev–Trinajstić information content (AvgIpc) is 2.49. The molecule has 4 nitrogen and oxygen atoms in total. The van der Waals surface area contributed by atoms with Crippen molar-refractivity contribution in [2.24, 2.45) is 5.73 Å². The number of hydrogen-bond donors (Lipinski definition) is 1. The zero-order valence-electron chi connectivity index (χ0n) is 8.66. The first-order valence-corrected chi connectivity index (χ1v) is 4.73. The van der Waals surface area contributed by atoms with Crippen LogP contribution in [0.2, 0.25) is 0 Å². The summed E-state index contributed by atoms with van der Waals surface area (Å²) >= 11 is 0. The zero-order chi connectivity index (χ0) is 10.0. The molecule has 0 aromatic heterocycles. The third-order valence-corrected chi connectivity index (χ3v) is 2.65. The van der Waals surface area contributed by atoms with E-state index >= 15 is 0 Å². The summed E-state index contributed by atoms with van der Waals surface area (Å²) in [5.74, 6) is 0.0419. The summed E-state index contributed by atoms with van der Waals surface area (Å²) in [7, 11) is 3.92. The van der Waals surface area contributed by atoms with Crippen LogP contribution < -0.4 is 5.73 Å². The molecule has 2 unspecified atom stereocenters. The van der Waals surface area contributed by atoms with Crippen LogP contribution in [-0.2, 0) is 4.79 Å². The summed E-state index contributed by atoms with van der Waals surface area (Å²) in [5.41, 5.74) is 5.53. The minimum absolute atomic E-state index is 0.0419. The number of rotatable bonds is 2. The Morgan fingerprint density at radius 1 is 1.69 bits per heavy atom. The molecular formula is C9H19N3O. The van der Waals surface area contributed by atoms with Crippen molar-refractivity contribution in [1.29, 1.82) is 0 Å². The van der Waals surface area contributed by atoms with Gasteiger partial charge in [0.25, 0.3) is 0 Å². The van der Waals surface area contributed by atoms with E-state index in [0.29, 0.717) is 6.04 Å². The van der Waals surface area contributed by atoms with Gasteiger partial charge >= 0.3 is 0 Å². The van der Waals surface area contributed by atoms with Gasteiger partial charge in [-0.15, -0.1) is 0 Å². The quantitative estimate of drug-likeness (QED) is 0.631. The van der Waals surface area contributed by atoms with Crippen molar-refractivity contribution in [2.75, 3.05) is 27.2 Å². The van der Waals surface area contributed by atoms with Crippen molar-refractivity contribution in [1.82, 2.24) is 9.80 Å². The molecule has 0 saturated carbocycles. The van der Waals surface area contributed by atoms with E-state index in [4.69, 9.17) is 5.73 Å². The van der Waals surface area contributed by atoms with Gasteiger partial charge in [-0.1, -0.05) is 0 Å². The third-order valence-electron chi connectivity index (χ3n) is 2.65. The standard InChI is InChI=1S/C9H19N3O/c1-7(10)9(13)12(3)8-4-5-11(2)6-8/h7-8H,4-6,10H2,1-3H3. The monoisotopic (exact) mass is 185 g/mol. The highest BCUT2D eigenvalue weighted by molar-refractivity contribution is 5.81. The lowest BCUT2D eigenvalue weighted by atomic mass is 10.2. The number of hydrogen-bond acceptors (Lipinski definition) is 3. The van der Waals surface area contributed by atoms with E-state index in [2.05, 4.69) is 11.9 Å². The maximum Gasteiger partial charge on any atom is 0.239 e. The second kappa shape index (κ2) is 4.07. The molecule has 1 rings (SSSR count). The molecule has 76 valence electrons. The topological polar surface area (TPSA) is 49.6 Å². The predicted octanol–water partition coefficient (Wildman–Crippen LogP) is -0.504. The fourth-order valence-electron chi connectivity index (χ4n) is 1.73. The fourth-order valence-corrected chi connectivity index (χ4v) is 1.73. The summed E-state index contributed by atoms with van der Waals surface area (Å²) in [6, 6.07) is -0.0283. The van der Waals surface area contributed by atoms with Crippen LogP contribution in [0, 0.1) is 0 Å². The molecular weight excluding hydrogens is 166 g/mol. The van der Waals surface area contributed by atoms with Gasteiger partial charge in [0, 0.05) is 19.6 Å². The molecule has 0 aromatic carbocycles. The number of amides is 1. The molecule has 0 aromatic rings. The van der Waals surface area contributed by atoms with Crippen LogP contribution >= 0.6 is 0 Å². The minimum atomic E-state index is -0.379. The van der Waals surface area contributed by atoms with E-state index in [0.717, 1.165) is 19.5 Å². The van der Waals surface area contributed by atoms with E-state index in [9.17, 15) is 4.79 Å². The molecule has 1 heterocycles. The second-order valence-electron chi connectivity index (χ2n) is 3.94. The Hall–Kier alpha value is -0.610. The van der Waals surface area contributed by atoms with Gasteiger partial charge in [0.1, 0.15) is 0 Å². The molecule has 2 atom stereocenters. The Balaban J connectivity index is 2.48. The number of carbonyl (C=O) groups excluding carboxylic acids is 1. The first kappa shape index (κ1) is 10.5. The Labute approximate surface area is 79.7 Å². The van der Waals surface area contributed by atoms with Crippen molar-refractivity contribution >= 4 is 5.91 Å². The van der Waals surface area contributed by atoms with Crippen LogP contribution in [0.1, 0.15) is 13.3 Å². The van der Waals surface area contributed by atoms with Crippen LogP contribution in [-0.4, -0.2) is 55.0 Å². The largest absolute Gasteiger partial charge is 0.340 e. The lowest BCUT2D eigenvalue weighted by Gasteiger charge is -2.25. The average molecular weight is 185 g/mol. The number of carbonyl (C=O) groups is 1. The van der Waals surface area contributed by atoms with Gasteiger partial charge in [-0.05, 0) is 26.9 Å². The molecule has 13 heavy (non-hydrogen) atoms. The smallest absolute Gasteiger partial charge is 0.239 e. The van der Waals surface area contributed by atoms with E-state index in [1.807, 2.05) is 7.05 Å². The van der Waals surface area contributed by atoms with E-state index in [1.54, 1.807) is 11.8 Å². The van der Waals surface area contributed by atoms with Crippen LogP contribution in [0.5, 0.6) is 0 Å². The molecule has 0 spiro atoms. The number of likely N-dealkylation sites (N-methyl/N-ethyl adjacent to an activating group) is 2. The first-order chi connectivity index (χ1) is 6.02. The lowest BCUT2D eigenvalue weighted by molar-refractivity contribution is -0.132. The zero-order valence-corrected chi connectivity index (χ0v) is 8.66. The van der Waals surface area contributed by atoms with E-state index in [-0.39, 0.29) is 11.9 Å². The van der Waals surface area contributed by atoms with Gasteiger partial charge in [0.2, 0.25) is 5.91 Å². The minimum Gasteiger partial charge on any atom is -0.340 e. The number of likely N-dealkylation sites (tertiary alicyclic amines) is 1. The van der Waals surface area contributed by atoms with E-state index < -0.39 is 0 Å². The van der Waals surface area contributed by atoms with Crippen LogP contribution in [0.25, 0.3) is 0 Å². The van der Waals surface area contributed by atoms with Gasteiger partial charge in [0.05, 0.1) is 6.04 Å². The SMILES string of the molecule is CC(N)C(=O)N(C)C1CCN(C)C1. The first-order valence-electron chi connectivity index (χ1n) is 4.73. The van der Waals surface area contributed by atoms with Crippen LogP contribution in [0.4, 0.5) is 0 Å². The maximum absolute atomic E-state index is 11.5. The van der Waals surface area contributed by atoms with Crippen molar-refractivity contribution in [2.45, 2.75) is 25.4 Å². The Bertz CT molecular complexity index is 193. The molecule has 1 aliphatic rings. The highest BCUT2D eigenvalue weighted by Gasteiger charge is 2.27. The Morgan fingerprint density at radius 2 is 2.31 bits per heavy atom. The molecule has 4 heteroatoms.